The molecule has 0 unspecified atom stereocenters. The molecule has 1 aromatic carbocycles. The minimum absolute atomic E-state index is 0.346. The number of fused-ring (bicyclic) bond motifs is 1. The van der Waals surface area contributed by atoms with Gasteiger partial charge in [-0.3, -0.25) is 4.90 Å². The lowest BCUT2D eigenvalue weighted by Gasteiger charge is -2.16. The fraction of sp³-hybridized carbons (Fsp3) is 0.364. The van der Waals surface area contributed by atoms with Crippen LogP contribution in [-0.2, 0) is 17.8 Å². The van der Waals surface area contributed by atoms with Crippen LogP contribution in [0.1, 0.15) is 11.1 Å². The summed E-state index contributed by atoms with van der Waals surface area (Å²) in [6.07, 6.45) is -0.346. The smallest absolute Gasteiger partial charge is 0.413 e. The molecule has 0 saturated carbocycles. The van der Waals surface area contributed by atoms with Crippen LogP contribution in [0.2, 0.25) is 0 Å². The van der Waals surface area contributed by atoms with Crippen molar-refractivity contribution in [2.75, 3.05) is 19.1 Å². The van der Waals surface area contributed by atoms with Crippen LogP contribution >= 0.6 is 0 Å². The molecule has 0 bridgehead atoms. The molecule has 1 amide bonds. The third-order valence-electron chi connectivity index (χ3n) is 2.66. The van der Waals surface area contributed by atoms with E-state index in [-0.39, 0.29) is 6.09 Å². The number of carbonyl (C=O) groups excluding carboxylic acids is 1. The van der Waals surface area contributed by atoms with Gasteiger partial charge in [-0.05, 0) is 23.3 Å². The van der Waals surface area contributed by atoms with Gasteiger partial charge in [-0.1, -0.05) is 6.07 Å². The molecule has 4 heteroatoms. The largest absolute Gasteiger partial charge is 0.452 e. The SMILES string of the molecule is COC(=O)N(C)c1ccc2c(c1)CNC2. The molecule has 0 saturated heterocycles. The molecule has 0 radical (unpaired) electrons. The van der Waals surface area contributed by atoms with Gasteiger partial charge in [0.05, 0.1) is 7.11 Å². The lowest BCUT2D eigenvalue weighted by molar-refractivity contribution is 0.180. The van der Waals surface area contributed by atoms with Gasteiger partial charge >= 0.3 is 6.09 Å². The normalized spacial score (nSPS) is 13.5. The molecule has 0 spiro atoms. The van der Waals surface area contributed by atoms with Crippen molar-refractivity contribution in [3.8, 4) is 0 Å². The highest BCUT2D eigenvalue weighted by molar-refractivity contribution is 5.87. The summed E-state index contributed by atoms with van der Waals surface area (Å²) in [5, 5.41) is 3.26. The number of rotatable bonds is 1. The zero-order valence-electron chi connectivity index (χ0n) is 8.91. The van der Waals surface area contributed by atoms with Gasteiger partial charge in [0.2, 0.25) is 0 Å². The lowest BCUT2D eigenvalue weighted by Crippen LogP contribution is -2.25. The van der Waals surface area contributed by atoms with Crippen molar-refractivity contribution in [3.05, 3.63) is 29.3 Å². The van der Waals surface area contributed by atoms with Gasteiger partial charge in [-0.2, -0.15) is 0 Å². The maximum atomic E-state index is 11.3. The average Bonchev–Trinajstić information content (AvgIpc) is 2.73. The first-order chi connectivity index (χ1) is 7.22. The molecule has 1 heterocycles. The molecule has 4 nitrogen and oxygen atoms in total. The van der Waals surface area contributed by atoms with Crippen molar-refractivity contribution in [3.63, 3.8) is 0 Å². The Kier molecular flexibility index (Phi) is 2.60. The molecule has 1 aliphatic heterocycles. The first-order valence-corrected chi connectivity index (χ1v) is 4.86. The Balaban J connectivity index is 2.26. The molecule has 0 atom stereocenters. The van der Waals surface area contributed by atoms with Crippen molar-refractivity contribution < 1.29 is 9.53 Å². The Labute approximate surface area is 88.8 Å². The number of ether oxygens (including phenoxy) is 1. The highest BCUT2D eigenvalue weighted by atomic mass is 16.5. The molecular weight excluding hydrogens is 192 g/mol. The van der Waals surface area contributed by atoms with Crippen molar-refractivity contribution in [2.24, 2.45) is 0 Å². The molecule has 1 aromatic rings. The second-order valence-corrected chi connectivity index (χ2v) is 3.59. The Hall–Kier alpha value is -1.55. The maximum absolute atomic E-state index is 11.3. The van der Waals surface area contributed by atoms with Crippen LogP contribution < -0.4 is 10.2 Å². The van der Waals surface area contributed by atoms with E-state index in [1.807, 2.05) is 18.2 Å². The summed E-state index contributed by atoms with van der Waals surface area (Å²) in [7, 11) is 3.09. The third kappa shape index (κ3) is 1.80. The zero-order valence-corrected chi connectivity index (χ0v) is 8.91. The maximum Gasteiger partial charge on any atom is 0.413 e. The van der Waals surface area contributed by atoms with Crippen LogP contribution in [0.4, 0.5) is 10.5 Å². The minimum Gasteiger partial charge on any atom is -0.452 e. The number of anilines is 1. The van der Waals surface area contributed by atoms with E-state index in [9.17, 15) is 4.79 Å². The zero-order chi connectivity index (χ0) is 10.8. The van der Waals surface area contributed by atoms with Crippen LogP contribution in [0.5, 0.6) is 0 Å². The molecule has 0 aliphatic carbocycles. The number of nitrogens with one attached hydrogen (secondary N) is 1. The van der Waals surface area contributed by atoms with Crippen molar-refractivity contribution in [1.82, 2.24) is 5.32 Å². The third-order valence-corrected chi connectivity index (χ3v) is 2.66. The summed E-state index contributed by atoms with van der Waals surface area (Å²) < 4.78 is 4.66. The topological polar surface area (TPSA) is 41.6 Å². The molecule has 2 rings (SSSR count). The Bertz CT molecular complexity index is 390. The van der Waals surface area contributed by atoms with Crippen molar-refractivity contribution >= 4 is 11.8 Å². The summed E-state index contributed by atoms with van der Waals surface area (Å²) in [5.41, 5.74) is 3.42. The van der Waals surface area contributed by atoms with E-state index in [2.05, 4.69) is 10.1 Å². The Morgan fingerprint density at radius 1 is 1.40 bits per heavy atom. The van der Waals surface area contributed by atoms with E-state index < -0.39 is 0 Å². The van der Waals surface area contributed by atoms with E-state index in [0.717, 1.165) is 18.8 Å². The van der Waals surface area contributed by atoms with Crippen molar-refractivity contribution in [2.45, 2.75) is 13.1 Å². The van der Waals surface area contributed by atoms with Gasteiger partial charge in [0.25, 0.3) is 0 Å². The molecule has 1 aliphatic rings. The monoisotopic (exact) mass is 206 g/mol. The quantitative estimate of drug-likeness (QED) is 0.757. The van der Waals surface area contributed by atoms with Gasteiger partial charge in [0.1, 0.15) is 0 Å². The van der Waals surface area contributed by atoms with Gasteiger partial charge in [-0.25, -0.2) is 4.79 Å². The van der Waals surface area contributed by atoms with E-state index in [0.29, 0.717) is 0 Å². The average molecular weight is 206 g/mol. The fourth-order valence-corrected chi connectivity index (χ4v) is 1.73. The number of methoxy groups -OCH3 is 1. The highest BCUT2D eigenvalue weighted by Crippen LogP contribution is 2.22. The van der Waals surface area contributed by atoms with Gasteiger partial charge in [0, 0.05) is 25.8 Å². The van der Waals surface area contributed by atoms with Crippen molar-refractivity contribution in [1.29, 1.82) is 0 Å². The second kappa shape index (κ2) is 3.90. The van der Waals surface area contributed by atoms with E-state index in [4.69, 9.17) is 0 Å². The number of hydrogen-bond acceptors (Lipinski definition) is 3. The van der Waals surface area contributed by atoms with Gasteiger partial charge in [0.15, 0.2) is 0 Å². The van der Waals surface area contributed by atoms with E-state index in [1.54, 1.807) is 7.05 Å². The van der Waals surface area contributed by atoms with Crippen LogP contribution in [0.15, 0.2) is 18.2 Å². The summed E-state index contributed by atoms with van der Waals surface area (Å²) in [5.74, 6) is 0. The lowest BCUT2D eigenvalue weighted by atomic mass is 10.1. The first-order valence-electron chi connectivity index (χ1n) is 4.86. The molecule has 0 fully saturated rings. The summed E-state index contributed by atoms with van der Waals surface area (Å²) in [4.78, 5) is 12.8. The predicted molar refractivity (Wildman–Crippen MR) is 57.8 cm³/mol. The van der Waals surface area contributed by atoms with Gasteiger partial charge in [-0.15, -0.1) is 0 Å². The fourth-order valence-electron chi connectivity index (χ4n) is 1.73. The minimum atomic E-state index is -0.346. The molecule has 80 valence electrons. The standard InChI is InChI=1S/C11H14N2O2/c1-13(11(14)15-2)10-4-3-8-6-12-7-9(8)5-10/h3-5,12H,6-7H2,1-2H3. The van der Waals surface area contributed by atoms with Gasteiger partial charge < -0.3 is 10.1 Å². The Morgan fingerprint density at radius 3 is 2.87 bits per heavy atom. The van der Waals surface area contributed by atoms with Crippen LogP contribution in [0.3, 0.4) is 0 Å². The number of benzene rings is 1. The van der Waals surface area contributed by atoms with Crippen LogP contribution in [-0.4, -0.2) is 20.3 Å². The van der Waals surface area contributed by atoms with E-state index in [1.165, 1.54) is 23.1 Å². The summed E-state index contributed by atoms with van der Waals surface area (Å²) in [6, 6.07) is 6.00. The predicted octanol–water partition coefficient (Wildman–Crippen LogP) is 1.49. The Morgan fingerprint density at radius 2 is 2.13 bits per heavy atom. The molecule has 1 N–H and O–H groups in total. The second-order valence-electron chi connectivity index (χ2n) is 3.59. The molecular formula is C11H14N2O2. The highest BCUT2D eigenvalue weighted by Gasteiger charge is 2.15. The number of amides is 1. The number of carbonyl (C=O) groups is 1. The molecule has 0 aromatic heterocycles. The molecule has 15 heavy (non-hydrogen) atoms. The number of nitrogens with zero attached hydrogens (tertiary/aromatic N) is 1. The summed E-state index contributed by atoms with van der Waals surface area (Å²) in [6.45, 7) is 1.79. The van der Waals surface area contributed by atoms with E-state index >= 15 is 0 Å². The summed E-state index contributed by atoms with van der Waals surface area (Å²) >= 11 is 0. The number of hydrogen-bond donors (Lipinski definition) is 1. The first kappa shape index (κ1) is 9.98. The van der Waals surface area contributed by atoms with Crippen LogP contribution in [0, 0.1) is 0 Å². The van der Waals surface area contributed by atoms with Crippen LogP contribution in [0.25, 0.3) is 0 Å².